The van der Waals surface area contributed by atoms with Crippen LogP contribution in [-0.2, 0) is 4.79 Å². The quantitative estimate of drug-likeness (QED) is 0.820. The fourth-order valence-corrected chi connectivity index (χ4v) is 2.99. The summed E-state index contributed by atoms with van der Waals surface area (Å²) in [6.45, 7) is 7.04. The Bertz CT molecular complexity index is 279. The number of hydrogen-bond acceptors (Lipinski definition) is 3. The zero-order chi connectivity index (χ0) is 12.3. The highest BCUT2D eigenvalue weighted by Crippen LogP contribution is 2.25. The fourth-order valence-electron chi connectivity index (χ4n) is 2.99. The molecule has 0 aliphatic carbocycles. The minimum atomic E-state index is -0.247. The lowest BCUT2D eigenvalue weighted by molar-refractivity contribution is -0.137. The monoisotopic (exact) mass is 275 g/mol. The molecule has 2 aliphatic heterocycles. The van der Waals surface area contributed by atoms with E-state index in [0.717, 1.165) is 58.4 Å². The summed E-state index contributed by atoms with van der Waals surface area (Å²) < 4.78 is 0. The van der Waals surface area contributed by atoms with Crippen molar-refractivity contribution < 1.29 is 4.79 Å². The van der Waals surface area contributed by atoms with E-state index in [9.17, 15) is 4.79 Å². The molecule has 2 rings (SSSR count). The summed E-state index contributed by atoms with van der Waals surface area (Å²) in [6.07, 6.45) is 4.15. The van der Waals surface area contributed by atoms with Crippen LogP contribution >= 0.6 is 12.4 Å². The second-order valence-corrected chi connectivity index (χ2v) is 5.42. The van der Waals surface area contributed by atoms with Gasteiger partial charge in [0.15, 0.2) is 0 Å². The maximum Gasteiger partial charge on any atom is 0.242 e. The summed E-state index contributed by atoms with van der Waals surface area (Å²) >= 11 is 0. The topological polar surface area (TPSA) is 35.6 Å². The lowest BCUT2D eigenvalue weighted by Crippen LogP contribution is -2.55. The number of hydrogen-bond donors (Lipinski definition) is 1. The van der Waals surface area contributed by atoms with Crippen molar-refractivity contribution in [1.82, 2.24) is 15.1 Å². The van der Waals surface area contributed by atoms with Gasteiger partial charge in [-0.3, -0.25) is 4.79 Å². The van der Waals surface area contributed by atoms with E-state index in [-0.39, 0.29) is 17.9 Å². The van der Waals surface area contributed by atoms with Crippen molar-refractivity contribution in [3.63, 3.8) is 0 Å². The molecule has 0 radical (unpaired) electrons. The standard InChI is InChI=1S/C13H25N3O.ClH/c1-3-13(6-4-7-14-13)12(17)16-9-5-8-15(2)10-11-16;/h14H,3-11H2,1-2H3;1H. The molecule has 0 aromatic heterocycles. The van der Waals surface area contributed by atoms with Gasteiger partial charge in [-0.2, -0.15) is 0 Å². The van der Waals surface area contributed by atoms with E-state index in [0.29, 0.717) is 5.91 Å². The second-order valence-electron chi connectivity index (χ2n) is 5.42. The third-order valence-electron chi connectivity index (χ3n) is 4.26. The van der Waals surface area contributed by atoms with Crippen molar-refractivity contribution in [2.45, 2.75) is 38.1 Å². The van der Waals surface area contributed by atoms with Gasteiger partial charge in [-0.25, -0.2) is 0 Å². The van der Waals surface area contributed by atoms with Gasteiger partial charge in [-0.05, 0) is 45.8 Å². The summed E-state index contributed by atoms with van der Waals surface area (Å²) in [5.74, 6) is 0.341. The molecule has 1 atom stereocenters. The molecule has 1 N–H and O–H groups in total. The molecule has 0 aromatic rings. The largest absolute Gasteiger partial charge is 0.340 e. The van der Waals surface area contributed by atoms with Gasteiger partial charge in [0.1, 0.15) is 0 Å². The summed E-state index contributed by atoms with van der Waals surface area (Å²) in [5.41, 5.74) is -0.247. The molecule has 2 aliphatic rings. The number of carbonyl (C=O) groups is 1. The van der Waals surface area contributed by atoms with Crippen molar-refractivity contribution in [2.24, 2.45) is 0 Å². The van der Waals surface area contributed by atoms with Crippen LogP contribution in [0.3, 0.4) is 0 Å². The van der Waals surface area contributed by atoms with Gasteiger partial charge < -0.3 is 15.1 Å². The number of carbonyl (C=O) groups excluding carboxylic acids is 1. The molecular formula is C13H26ClN3O. The van der Waals surface area contributed by atoms with Crippen molar-refractivity contribution >= 4 is 18.3 Å². The van der Waals surface area contributed by atoms with Gasteiger partial charge in [0.2, 0.25) is 5.91 Å². The third kappa shape index (κ3) is 3.16. The van der Waals surface area contributed by atoms with Gasteiger partial charge in [0, 0.05) is 19.6 Å². The molecule has 0 spiro atoms. The molecular weight excluding hydrogens is 250 g/mol. The predicted molar refractivity (Wildman–Crippen MR) is 76.2 cm³/mol. The Hall–Kier alpha value is -0.320. The molecule has 18 heavy (non-hydrogen) atoms. The Kier molecular flexibility index (Phi) is 5.89. The van der Waals surface area contributed by atoms with Crippen LogP contribution in [0.25, 0.3) is 0 Å². The minimum absolute atomic E-state index is 0. The van der Waals surface area contributed by atoms with E-state index in [1.165, 1.54) is 0 Å². The molecule has 2 fully saturated rings. The van der Waals surface area contributed by atoms with E-state index in [4.69, 9.17) is 0 Å². The summed E-state index contributed by atoms with van der Waals surface area (Å²) in [4.78, 5) is 17.0. The Morgan fingerprint density at radius 3 is 2.61 bits per heavy atom. The molecule has 1 unspecified atom stereocenters. The van der Waals surface area contributed by atoms with Gasteiger partial charge in [-0.1, -0.05) is 6.92 Å². The number of rotatable bonds is 2. The van der Waals surface area contributed by atoms with Crippen LogP contribution < -0.4 is 5.32 Å². The first-order chi connectivity index (χ1) is 8.18. The highest BCUT2D eigenvalue weighted by Gasteiger charge is 2.41. The molecule has 5 heteroatoms. The van der Waals surface area contributed by atoms with E-state index >= 15 is 0 Å². The van der Waals surface area contributed by atoms with Crippen molar-refractivity contribution in [1.29, 1.82) is 0 Å². The maximum absolute atomic E-state index is 12.7. The molecule has 1 amide bonds. The van der Waals surface area contributed by atoms with E-state index in [2.05, 4.69) is 29.1 Å². The zero-order valence-corrected chi connectivity index (χ0v) is 12.4. The Labute approximate surface area is 116 Å². The lowest BCUT2D eigenvalue weighted by Gasteiger charge is -2.33. The van der Waals surface area contributed by atoms with Crippen LogP contribution in [0, 0.1) is 0 Å². The highest BCUT2D eigenvalue weighted by atomic mass is 35.5. The molecule has 0 saturated carbocycles. The van der Waals surface area contributed by atoms with Gasteiger partial charge in [0.25, 0.3) is 0 Å². The van der Waals surface area contributed by atoms with Crippen LogP contribution in [0.2, 0.25) is 0 Å². The molecule has 2 saturated heterocycles. The normalized spacial score (nSPS) is 29.8. The average molecular weight is 276 g/mol. The number of nitrogens with zero attached hydrogens (tertiary/aromatic N) is 2. The summed E-state index contributed by atoms with van der Waals surface area (Å²) in [6, 6.07) is 0. The first-order valence-electron chi connectivity index (χ1n) is 6.91. The number of likely N-dealkylation sites (N-methyl/N-ethyl adjacent to an activating group) is 1. The van der Waals surface area contributed by atoms with E-state index < -0.39 is 0 Å². The smallest absolute Gasteiger partial charge is 0.242 e. The lowest BCUT2D eigenvalue weighted by atomic mass is 9.92. The third-order valence-corrected chi connectivity index (χ3v) is 4.26. The number of halogens is 1. The Morgan fingerprint density at radius 1 is 1.22 bits per heavy atom. The molecule has 4 nitrogen and oxygen atoms in total. The van der Waals surface area contributed by atoms with Gasteiger partial charge in [0.05, 0.1) is 5.54 Å². The number of nitrogens with one attached hydrogen (secondary N) is 1. The average Bonchev–Trinajstić information content (AvgIpc) is 2.73. The van der Waals surface area contributed by atoms with Crippen molar-refractivity contribution in [3.8, 4) is 0 Å². The molecule has 0 bridgehead atoms. The highest BCUT2D eigenvalue weighted by molar-refractivity contribution is 5.86. The van der Waals surface area contributed by atoms with Gasteiger partial charge in [-0.15, -0.1) is 12.4 Å². The molecule has 2 heterocycles. The Balaban J connectivity index is 0.00000162. The van der Waals surface area contributed by atoms with E-state index in [1.54, 1.807) is 0 Å². The van der Waals surface area contributed by atoms with Crippen LogP contribution in [-0.4, -0.2) is 61.0 Å². The van der Waals surface area contributed by atoms with Gasteiger partial charge >= 0.3 is 0 Å². The fraction of sp³-hybridized carbons (Fsp3) is 0.923. The zero-order valence-electron chi connectivity index (χ0n) is 11.6. The first kappa shape index (κ1) is 15.7. The maximum atomic E-state index is 12.7. The van der Waals surface area contributed by atoms with Crippen LogP contribution in [0.1, 0.15) is 32.6 Å². The Morgan fingerprint density at radius 2 is 2.00 bits per heavy atom. The predicted octanol–water partition coefficient (Wildman–Crippen LogP) is 1.10. The molecule has 0 aromatic carbocycles. The van der Waals surface area contributed by atoms with Crippen molar-refractivity contribution in [3.05, 3.63) is 0 Å². The van der Waals surface area contributed by atoms with Crippen molar-refractivity contribution in [2.75, 3.05) is 39.8 Å². The SMILES string of the molecule is CCC1(C(=O)N2CCCN(C)CC2)CCCN1.Cl. The second kappa shape index (κ2) is 6.73. The number of amides is 1. The molecule has 106 valence electrons. The first-order valence-corrected chi connectivity index (χ1v) is 6.91. The summed E-state index contributed by atoms with van der Waals surface area (Å²) in [7, 11) is 2.14. The van der Waals surface area contributed by atoms with Crippen LogP contribution in [0.5, 0.6) is 0 Å². The van der Waals surface area contributed by atoms with Crippen LogP contribution in [0.15, 0.2) is 0 Å². The summed E-state index contributed by atoms with van der Waals surface area (Å²) in [5, 5.41) is 3.44. The van der Waals surface area contributed by atoms with E-state index in [1.807, 2.05) is 0 Å². The minimum Gasteiger partial charge on any atom is -0.340 e. The van der Waals surface area contributed by atoms with Crippen LogP contribution in [0.4, 0.5) is 0 Å².